The Morgan fingerprint density at radius 1 is 1.07 bits per heavy atom. The van der Waals surface area contributed by atoms with Gasteiger partial charge in [0.25, 0.3) is 5.56 Å². The van der Waals surface area contributed by atoms with Gasteiger partial charge >= 0.3 is 0 Å². The molecule has 2 aromatic carbocycles. The summed E-state index contributed by atoms with van der Waals surface area (Å²) in [5.41, 5.74) is 2.17. The molecular weight excluding hydrogens is 374 g/mol. The molecular formula is C22H22ClN3O2. The quantitative estimate of drug-likeness (QED) is 0.663. The molecule has 0 aliphatic rings. The van der Waals surface area contributed by atoms with E-state index < -0.39 is 0 Å². The highest BCUT2D eigenvalue weighted by Gasteiger charge is 2.12. The Bertz CT molecular complexity index is 1000. The van der Waals surface area contributed by atoms with Crippen molar-refractivity contribution >= 4 is 17.5 Å². The molecule has 28 heavy (non-hydrogen) atoms. The largest absolute Gasteiger partial charge is 0.352 e. The normalized spacial score (nSPS) is 11.8. The number of hydrogen-bond donors (Lipinski definition) is 1. The van der Waals surface area contributed by atoms with Gasteiger partial charge in [-0.2, -0.15) is 5.10 Å². The predicted octanol–water partition coefficient (Wildman–Crippen LogP) is 3.70. The van der Waals surface area contributed by atoms with Crippen LogP contribution in [0.1, 0.15) is 18.9 Å². The average Bonchev–Trinajstić information content (AvgIpc) is 2.69. The fourth-order valence-corrected chi connectivity index (χ4v) is 3.16. The second-order valence-electron chi connectivity index (χ2n) is 6.69. The number of carbonyl (C=O) groups excluding carboxylic acids is 1. The van der Waals surface area contributed by atoms with Crippen molar-refractivity contribution in [3.63, 3.8) is 0 Å². The molecule has 3 aromatic rings. The maximum atomic E-state index is 12.4. The van der Waals surface area contributed by atoms with Gasteiger partial charge in [-0.15, -0.1) is 0 Å². The summed E-state index contributed by atoms with van der Waals surface area (Å²) >= 11 is 6.20. The van der Waals surface area contributed by atoms with Crippen molar-refractivity contribution in [3.05, 3.63) is 87.7 Å². The summed E-state index contributed by atoms with van der Waals surface area (Å²) in [4.78, 5) is 24.5. The van der Waals surface area contributed by atoms with Gasteiger partial charge in [0, 0.05) is 17.7 Å². The summed E-state index contributed by atoms with van der Waals surface area (Å²) in [6.07, 6.45) is 1.69. The maximum Gasteiger partial charge on any atom is 0.267 e. The van der Waals surface area contributed by atoms with Gasteiger partial charge in [-0.1, -0.05) is 60.1 Å². The summed E-state index contributed by atoms with van der Waals surface area (Å²) < 4.78 is 1.16. The summed E-state index contributed by atoms with van der Waals surface area (Å²) in [5, 5.41) is 7.78. The van der Waals surface area contributed by atoms with Gasteiger partial charge in [0.1, 0.15) is 6.54 Å². The molecule has 5 nitrogen and oxygen atoms in total. The van der Waals surface area contributed by atoms with Gasteiger partial charge in [-0.25, -0.2) is 4.68 Å². The van der Waals surface area contributed by atoms with Gasteiger partial charge in [-0.3, -0.25) is 9.59 Å². The molecule has 0 aliphatic heterocycles. The van der Waals surface area contributed by atoms with Gasteiger partial charge < -0.3 is 5.32 Å². The summed E-state index contributed by atoms with van der Waals surface area (Å²) in [7, 11) is 0. The Morgan fingerprint density at radius 2 is 1.79 bits per heavy atom. The summed E-state index contributed by atoms with van der Waals surface area (Å²) in [6, 6.07) is 20.4. The van der Waals surface area contributed by atoms with Crippen molar-refractivity contribution < 1.29 is 4.79 Å². The second kappa shape index (κ2) is 9.33. The number of carbonyl (C=O) groups is 1. The first-order valence-electron chi connectivity index (χ1n) is 9.19. The molecule has 1 heterocycles. The highest BCUT2D eigenvalue weighted by atomic mass is 35.5. The van der Waals surface area contributed by atoms with E-state index in [1.165, 1.54) is 11.6 Å². The molecule has 0 saturated carbocycles. The molecule has 0 spiro atoms. The monoisotopic (exact) mass is 395 g/mol. The SMILES string of the molecule is C[C@H](CCc1ccccc1)NC(=O)Cn1nc(-c2ccccc2Cl)ccc1=O. The number of nitrogens with zero attached hydrogens (tertiary/aromatic N) is 2. The predicted molar refractivity (Wildman–Crippen MR) is 111 cm³/mol. The minimum Gasteiger partial charge on any atom is -0.352 e. The number of hydrogen-bond acceptors (Lipinski definition) is 3. The third-order valence-electron chi connectivity index (χ3n) is 4.43. The highest BCUT2D eigenvalue weighted by Crippen LogP contribution is 2.24. The minimum atomic E-state index is -0.331. The zero-order valence-corrected chi connectivity index (χ0v) is 16.4. The second-order valence-corrected chi connectivity index (χ2v) is 7.09. The first-order chi connectivity index (χ1) is 13.5. The molecule has 0 aliphatic carbocycles. The van der Waals surface area contributed by atoms with E-state index >= 15 is 0 Å². The zero-order chi connectivity index (χ0) is 19.9. The van der Waals surface area contributed by atoms with Crippen LogP contribution in [0.2, 0.25) is 5.02 Å². The van der Waals surface area contributed by atoms with Crippen LogP contribution in [0, 0.1) is 0 Å². The van der Waals surface area contributed by atoms with E-state index in [4.69, 9.17) is 11.6 Å². The van der Waals surface area contributed by atoms with E-state index in [1.54, 1.807) is 12.1 Å². The van der Waals surface area contributed by atoms with Crippen LogP contribution >= 0.6 is 11.6 Å². The molecule has 1 aromatic heterocycles. The first-order valence-corrected chi connectivity index (χ1v) is 9.57. The van der Waals surface area contributed by atoms with Gasteiger partial charge in [-0.05, 0) is 37.5 Å². The van der Waals surface area contributed by atoms with Crippen LogP contribution in [0.4, 0.5) is 0 Å². The van der Waals surface area contributed by atoms with Crippen LogP contribution in [0.3, 0.4) is 0 Å². The molecule has 1 N–H and O–H groups in total. The van der Waals surface area contributed by atoms with Crippen molar-refractivity contribution in [2.45, 2.75) is 32.4 Å². The highest BCUT2D eigenvalue weighted by molar-refractivity contribution is 6.33. The van der Waals surface area contributed by atoms with Crippen LogP contribution in [0.25, 0.3) is 11.3 Å². The van der Waals surface area contributed by atoms with Crippen LogP contribution in [-0.2, 0) is 17.8 Å². The van der Waals surface area contributed by atoms with Crippen molar-refractivity contribution in [2.24, 2.45) is 0 Å². The lowest BCUT2D eigenvalue weighted by Gasteiger charge is -2.14. The van der Waals surface area contributed by atoms with Crippen LogP contribution in [0.15, 0.2) is 71.5 Å². The third kappa shape index (κ3) is 5.30. The van der Waals surface area contributed by atoms with E-state index in [0.717, 1.165) is 23.1 Å². The summed E-state index contributed by atoms with van der Waals surface area (Å²) in [5.74, 6) is -0.244. The molecule has 1 atom stereocenters. The standard InChI is InChI=1S/C22H22ClN3O2/c1-16(11-12-17-7-3-2-4-8-17)24-21(27)15-26-22(28)14-13-20(25-26)18-9-5-6-10-19(18)23/h2-10,13-14,16H,11-12,15H2,1H3,(H,24,27)/t16-/m1/s1. The molecule has 1 amide bonds. The van der Waals surface area contributed by atoms with E-state index in [2.05, 4.69) is 22.5 Å². The minimum absolute atomic E-state index is 0.00448. The third-order valence-corrected chi connectivity index (χ3v) is 4.76. The van der Waals surface area contributed by atoms with E-state index in [9.17, 15) is 9.59 Å². The zero-order valence-electron chi connectivity index (χ0n) is 15.6. The van der Waals surface area contributed by atoms with Crippen LogP contribution in [-0.4, -0.2) is 21.7 Å². The number of nitrogens with one attached hydrogen (secondary N) is 1. The number of aryl methyl sites for hydroxylation is 1. The molecule has 144 valence electrons. The Morgan fingerprint density at radius 3 is 2.54 bits per heavy atom. The lowest BCUT2D eigenvalue weighted by molar-refractivity contribution is -0.122. The van der Waals surface area contributed by atoms with Gasteiger partial charge in [0.2, 0.25) is 5.91 Å². The number of aromatic nitrogens is 2. The fourth-order valence-electron chi connectivity index (χ4n) is 2.93. The van der Waals surface area contributed by atoms with Crippen LogP contribution < -0.4 is 10.9 Å². The molecule has 6 heteroatoms. The average molecular weight is 396 g/mol. The lowest BCUT2D eigenvalue weighted by Crippen LogP contribution is -2.38. The smallest absolute Gasteiger partial charge is 0.267 e. The van der Waals surface area contributed by atoms with E-state index in [0.29, 0.717) is 10.7 Å². The number of halogens is 1. The number of benzene rings is 2. The number of amides is 1. The molecule has 0 bridgehead atoms. The molecule has 0 unspecified atom stereocenters. The molecule has 3 rings (SSSR count). The topological polar surface area (TPSA) is 64.0 Å². The summed E-state index contributed by atoms with van der Waals surface area (Å²) in [6.45, 7) is 1.82. The molecule has 0 radical (unpaired) electrons. The van der Waals surface area contributed by atoms with Crippen molar-refractivity contribution in [1.29, 1.82) is 0 Å². The number of rotatable bonds is 7. The first kappa shape index (κ1) is 19.8. The van der Waals surface area contributed by atoms with Crippen molar-refractivity contribution in [2.75, 3.05) is 0 Å². The Kier molecular flexibility index (Phi) is 6.61. The Labute approximate surface area is 169 Å². The molecule has 0 fully saturated rings. The maximum absolute atomic E-state index is 12.4. The molecule has 0 saturated heterocycles. The van der Waals surface area contributed by atoms with Crippen LogP contribution in [0.5, 0.6) is 0 Å². The van der Waals surface area contributed by atoms with Gasteiger partial charge in [0.15, 0.2) is 0 Å². The Balaban J connectivity index is 1.63. The van der Waals surface area contributed by atoms with Crippen molar-refractivity contribution in [1.82, 2.24) is 15.1 Å². The Hall–Kier alpha value is -2.92. The van der Waals surface area contributed by atoms with Crippen molar-refractivity contribution in [3.8, 4) is 11.3 Å². The van der Waals surface area contributed by atoms with E-state index in [1.807, 2.05) is 43.3 Å². The van der Waals surface area contributed by atoms with E-state index in [-0.39, 0.29) is 24.1 Å². The lowest BCUT2D eigenvalue weighted by atomic mass is 10.1. The van der Waals surface area contributed by atoms with Gasteiger partial charge in [0.05, 0.1) is 10.7 Å². The fraction of sp³-hybridized carbons (Fsp3) is 0.227.